The van der Waals surface area contributed by atoms with E-state index in [0.717, 1.165) is 16.7 Å². The summed E-state index contributed by atoms with van der Waals surface area (Å²) >= 11 is 0. The Bertz CT molecular complexity index is 1950. The molecule has 5 rings (SSSR count). The predicted octanol–water partition coefficient (Wildman–Crippen LogP) is 9.25. The predicted molar refractivity (Wildman–Crippen MR) is 203 cm³/mol. The van der Waals surface area contributed by atoms with Gasteiger partial charge in [-0.25, -0.2) is 12.8 Å². The molecule has 1 fully saturated rings. The van der Waals surface area contributed by atoms with Crippen LogP contribution in [-0.2, 0) is 42.1 Å². The normalized spacial score (nSPS) is 17.8. The lowest BCUT2D eigenvalue weighted by Gasteiger charge is -2.41. The summed E-state index contributed by atoms with van der Waals surface area (Å²) in [6, 6.07) is 23.6. The van der Waals surface area contributed by atoms with Crippen molar-refractivity contribution < 1.29 is 31.8 Å². The molecule has 1 saturated heterocycles. The number of aromatic nitrogens is 1. The molecule has 0 amide bonds. The number of benzene rings is 3. The van der Waals surface area contributed by atoms with E-state index in [4.69, 9.17) is 14.2 Å². The van der Waals surface area contributed by atoms with Gasteiger partial charge in [0.25, 0.3) is 0 Å². The maximum Gasteiger partial charge on any atom is 0.308 e. The molecule has 2 heterocycles. The Morgan fingerprint density at radius 1 is 0.962 bits per heavy atom. The summed E-state index contributed by atoms with van der Waals surface area (Å²) in [7, 11) is -2.47. The zero-order chi connectivity index (χ0) is 38.0. The molecule has 3 aromatic carbocycles. The third-order valence-corrected chi connectivity index (χ3v) is 11.0. The highest BCUT2D eigenvalue weighted by atomic mass is 32.2. The Morgan fingerprint density at radius 3 is 2.15 bits per heavy atom. The van der Waals surface area contributed by atoms with Crippen molar-refractivity contribution in [1.82, 2.24) is 8.87 Å². The van der Waals surface area contributed by atoms with Gasteiger partial charge >= 0.3 is 5.97 Å². The monoisotopic (exact) mass is 732 g/mol. The third-order valence-electron chi connectivity index (χ3n) is 9.09. The van der Waals surface area contributed by atoms with Crippen LogP contribution in [0, 0.1) is 12.7 Å². The van der Waals surface area contributed by atoms with Gasteiger partial charge in [-0.3, -0.25) is 4.79 Å². The van der Waals surface area contributed by atoms with E-state index in [1.165, 1.54) is 16.4 Å². The number of hydrogen-bond donors (Lipinski definition) is 0. The van der Waals surface area contributed by atoms with Crippen molar-refractivity contribution in [2.45, 2.75) is 122 Å². The van der Waals surface area contributed by atoms with Gasteiger partial charge in [0.1, 0.15) is 16.3 Å². The second-order valence-corrected chi connectivity index (χ2v) is 17.5. The molecule has 0 saturated carbocycles. The summed E-state index contributed by atoms with van der Waals surface area (Å²) in [5, 5.41) is 0. The fourth-order valence-corrected chi connectivity index (χ4v) is 8.74. The largest absolute Gasteiger partial charge is 0.460 e. The van der Waals surface area contributed by atoms with Crippen LogP contribution < -0.4 is 0 Å². The van der Waals surface area contributed by atoms with E-state index in [0.29, 0.717) is 41.9 Å². The summed E-state index contributed by atoms with van der Waals surface area (Å²) in [6.45, 7) is 15.8. The highest BCUT2D eigenvalue weighted by Gasteiger charge is 2.39. The van der Waals surface area contributed by atoms with Crippen molar-refractivity contribution >= 4 is 16.0 Å². The summed E-state index contributed by atoms with van der Waals surface area (Å²) < 4.78 is 66.0. The number of esters is 1. The van der Waals surface area contributed by atoms with Gasteiger partial charge in [0.15, 0.2) is 5.79 Å². The van der Waals surface area contributed by atoms with Crippen molar-refractivity contribution in [2.75, 3.05) is 7.05 Å². The number of carbonyl (C=O) groups is 1. The molecule has 0 spiro atoms. The molecule has 0 radical (unpaired) electrons. The van der Waals surface area contributed by atoms with Crippen molar-refractivity contribution in [3.63, 3.8) is 0 Å². The number of nitrogens with zero attached hydrogens (tertiary/aromatic N) is 2. The van der Waals surface area contributed by atoms with Crippen LogP contribution in [0.2, 0.25) is 0 Å². The second kappa shape index (κ2) is 15.6. The van der Waals surface area contributed by atoms with Crippen molar-refractivity contribution in [3.05, 3.63) is 102 Å². The van der Waals surface area contributed by atoms with Gasteiger partial charge in [0.2, 0.25) is 10.0 Å². The average Bonchev–Trinajstić information content (AvgIpc) is 3.39. The smallest absolute Gasteiger partial charge is 0.308 e. The van der Waals surface area contributed by atoms with E-state index in [1.807, 2.05) is 110 Å². The molecule has 0 bridgehead atoms. The van der Waals surface area contributed by atoms with Crippen LogP contribution in [-0.4, -0.2) is 53.9 Å². The molecule has 1 aliphatic heterocycles. The zero-order valence-electron chi connectivity index (χ0n) is 31.9. The lowest BCUT2D eigenvalue weighted by Crippen LogP contribution is -2.46. The summed E-state index contributed by atoms with van der Waals surface area (Å²) in [5.74, 6) is -1.88. The molecule has 52 heavy (non-hydrogen) atoms. The quantitative estimate of drug-likeness (QED) is 0.135. The molecule has 0 aliphatic carbocycles. The molecular weight excluding hydrogens is 680 g/mol. The van der Waals surface area contributed by atoms with Crippen LogP contribution in [0.1, 0.15) is 90.5 Å². The molecule has 2 atom stereocenters. The maximum absolute atomic E-state index is 15.0. The van der Waals surface area contributed by atoms with Gasteiger partial charge in [0, 0.05) is 37.8 Å². The lowest BCUT2D eigenvalue weighted by molar-refractivity contribution is -0.301. The Morgan fingerprint density at radius 2 is 1.56 bits per heavy atom. The molecule has 4 aromatic rings. The van der Waals surface area contributed by atoms with Gasteiger partial charge < -0.3 is 18.8 Å². The van der Waals surface area contributed by atoms with Crippen LogP contribution >= 0.6 is 0 Å². The number of hydrogen-bond acceptors (Lipinski definition) is 6. The van der Waals surface area contributed by atoms with E-state index < -0.39 is 27.5 Å². The van der Waals surface area contributed by atoms with Crippen molar-refractivity contribution in [3.8, 4) is 22.4 Å². The van der Waals surface area contributed by atoms with Gasteiger partial charge in [-0.2, -0.15) is 4.31 Å². The first kappa shape index (κ1) is 39.4. The molecule has 8 nitrogen and oxygen atoms in total. The lowest BCUT2D eigenvalue weighted by atomic mass is 9.99. The summed E-state index contributed by atoms with van der Waals surface area (Å²) in [4.78, 5) is 13.0. The highest BCUT2D eigenvalue weighted by Crippen LogP contribution is 2.46. The summed E-state index contributed by atoms with van der Waals surface area (Å²) in [5.41, 5.74) is 4.67. The van der Waals surface area contributed by atoms with Gasteiger partial charge in [-0.05, 0) is 94.8 Å². The number of sulfonamides is 1. The first-order valence-electron chi connectivity index (χ1n) is 18.0. The van der Waals surface area contributed by atoms with E-state index in [9.17, 15) is 17.6 Å². The maximum atomic E-state index is 15.0. The number of ether oxygens (including phenoxy) is 3. The van der Waals surface area contributed by atoms with Crippen LogP contribution in [0.4, 0.5) is 4.39 Å². The first-order valence-corrected chi connectivity index (χ1v) is 19.5. The molecule has 10 heteroatoms. The Balaban J connectivity index is 1.65. The van der Waals surface area contributed by atoms with E-state index >= 15 is 0 Å². The SMILES string of the molecule is Cc1ccc(-c2c(S(=O)(=O)N(C)Cc3ccccc3)c(C(C)C)n(CC[C@@H]3C[C@H](CC(=O)OC(C)(C)C)OC(C)(C)O3)c2-c2ccc(F)cc2)cc1. The molecule has 280 valence electrons. The topological polar surface area (TPSA) is 87.1 Å². The van der Waals surface area contributed by atoms with Crippen molar-refractivity contribution in [2.24, 2.45) is 0 Å². The number of rotatable bonds is 12. The molecular formula is C42H53FN2O6S. The van der Waals surface area contributed by atoms with E-state index in [1.54, 1.807) is 19.2 Å². The summed E-state index contributed by atoms with van der Waals surface area (Å²) in [6.07, 6.45) is 0.342. The highest BCUT2D eigenvalue weighted by molar-refractivity contribution is 7.89. The van der Waals surface area contributed by atoms with Crippen LogP contribution in [0.5, 0.6) is 0 Å². The number of aryl methyl sites for hydroxylation is 1. The van der Waals surface area contributed by atoms with E-state index in [-0.39, 0.29) is 41.7 Å². The standard InChI is InChI=1S/C42H53FN2O6S/c1-28(2)38-40(52(47,48)44(9)27-30-13-11-10-12-14-30)37(31-17-15-29(3)16-18-31)39(32-19-21-33(43)22-20-32)45(38)24-23-34-25-35(50-42(7,8)49-34)26-36(46)51-41(4,5)6/h10-22,28,34-35H,23-27H2,1-9H3/t34-,35-/m1/s1. The van der Waals surface area contributed by atoms with Crippen molar-refractivity contribution in [1.29, 1.82) is 0 Å². The first-order chi connectivity index (χ1) is 24.3. The second-order valence-electron chi connectivity index (χ2n) is 15.6. The minimum Gasteiger partial charge on any atom is -0.460 e. The molecule has 0 N–H and O–H groups in total. The average molecular weight is 733 g/mol. The third kappa shape index (κ3) is 9.39. The minimum atomic E-state index is -4.08. The molecule has 0 unspecified atom stereocenters. The number of carbonyl (C=O) groups excluding carboxylic acids is 1. The fraction of sp³-hybridized carbons (Fsp3) is 0.452. The minimum absolute atomic E-state index is 0.0931. The Hall–Kier alpha value is -3.83. The molecule has 1 aliphatic rings. The van der Waals surface area contributed by atoms with E-state index in [2.05, 4.69) is 4.57 Å². The van der Waals surface area contributed by atoms with Gasteiger partial charge in [-0.1, -0.05) is 74.0 Å². The van der Waals surface area contributed by atoms with Crippen LogP contribution in [0.15, 0.2) is 83.8 Å². The number of halogens is 1. The zero-order valence-corrected chi connectivity index (χ0v) is 32.7. The van der Waals surface area contributed by atoms with Gasteiger partial charge in [0.05, 0.1) is 24.3 Å². The van der Waals surface area contributed by atoms with Gasteiger partial charge in [-0.15, -0.1) is 0 Å². The Labute approximate surface area is 309 Å². The van der Waals surface area contributed by atoms with Crippen LogP contribution in [0.3, 0.4) is 0 Å². The molecule has 1 aromatic heterocycles. The van der Waals surface area contributed by atoms with Crippen LogP contribution in [0.25, 0.3) is 22.4 Å². The fourth-order valence-electron chi connectivity index (χ4n) is 7.02. The Kier molecular flexibility index (Phi) is 11.8.